The molecule has 1 atom stereocenters. The van der Waals surface area contributed by atoms with E-state index >= 15 is 0 Å². The van der Waals surface area contributed by atoms with Crippen molar-refractivity contribution in [3.63, 3.8) is 0 Å². The fourth-order valence-electron chi connectivity index (χ4n) is 5.42. The van der Waals surface area contributed by atoms with Crippen LogP contribution >= 0.6 is 0 Å². The first-order chi connectivity index (χ1) is 17.0. The lowest BCUT2D eigenvalue weighted by Crippen LogP contribution is -2.46. The molecule has 5 rings (SSSR count). The fraction of sp³-hybridized carbons (Fsp3) is 0.615. The van der Waals surface area contributed by atoms with Crippen LogP contribution in [-0.2, 0) is 22.7 Å². The van der Waals surface area contributed by atoms with Crippen LogP contribution in [0.2, 0.25) is 0 Å². The Morgan fingerprint density at radius 1 is 1.06 bits per heavy atom. The van der Waals surface area contributed by atoms with E-state index in [0.29, 0.717) is 49.9 Å². The Labute approximate surface area is 206 Å². The Morgan fingerprint density at radius 3 is 2.46 bits per heavy atom. The van der Waals surface area contributed by atoms with Crippen molar-refractivity contribution >= 4 is 11.8 Å². The summed E-state index contributed by atoms with van der Waals surface area (Å²) in [6, 6.07) is 8.08. The molecule has 1 unspecified atom stereocenters. The molecule has 0 radical (unpaired) electrons. The van der Waals surface area contributed by atoms with Crippen LogP contribution in [0.25, 0.3) is 0 Å². The number of nitrogens with zero attached hydrogens (tertiary/aromatic N) is 4. The van der Waals surface area contributed by atoms with Crippen LogP contribution in [-0.4, -0.2) is 57.9 Å². The Hall–Kier alpha value is -2.94. The highest BCUT2D eigenvalue weighted by molar-refractivity contribution is 5.93. The molecule has 2 amide bonds. The third kappa shape index (κ3) is 5.19. The van der Waals surface area contributed by atoms with E-state index < -0.39 is 0 Å². The molecule has 9 heteroatoms. The van der Waals surface area contributed by atoms with E-state index in [4.69, 9.17) is 9.47 Å². The average molecular weight is 482 g/mol. The summed E-state index contributed by atoms with van der Waals surface area (Å²) in [5.74, 6) is 1.55. The first-order valence-electron chi connectivity index (χ1n) is 12.8. The molecule has 3 heterocycles. The van der Waals surface area contributed by atoms with Crippen molar-refractivity contribution in [2.24, 2.45) is 11.8 Å². The molecule has 9 nitrogen and oxygen atoms in total. The second-order valence-corrected chi connectivity index (χ2v) is 10.2. The van der Waals surface area contributed by atoms with Crippen molar-refractivity contribution in [1.29, 1.82) is 0 Å². The molecule has 2 aromatic rings. The van der Waals surface area contributed by atoms with Crippen LogP contribution in [0.5, 0.6) is 5.75 Å². The number of methoxy groups -OCH3 is 1. The lowest BCUT2D eigenvalue weighted by atomic mass is 9.86. The second kappa shape index (κ2) is 10.4. The Kier molecular flexibility index (Phi) is 7.04. The predicted molar refractivity (Wildman–Crippen MR) is 129 cm³/mol. The van der Waals surface area contributed by atoms with Gasteiger partial charge in [-0.15, -0.1) is 5.10 Å². The van der Waals surface area contributed by atoms with E-state index in [-0.39, 0.29) is 30.4 Å². The number of fused-ring (bicyclic) bond motifs is 1. The lowest BCUT2D eigenvalue weighted by Gasteiger charge is -2.33. The van der Waals surface area contributed by atoms with E-state index in [9.17, 15) is 9.59 Å². The maximum Gasteiger partial charge on any atom is 0.276 e. The maximum absolute atomic E-state index is 13.2. The molecular weight excluding hydrogens is 446 g/mol. The van der Waals surface area contributed by atoms with Gasteiger partial charge in [0.25, 0.3) is 5.91 Å². The molecule has 1 aromatic carbocycles. The first-order valence-corrected chi connectivity index (χ1v) is 12.8. The Balaban J connectivity index is 1.15. The number of nitrogens with one attached hydrogen (secondary N) is 1. The van der Waals surface area contributed by atoms with Crippen molar-refractivity contribution in [1.82, 2.24) is 25.2 Å². The predicted octanol–water partition coefficient (Wildman–Crippen LogP) is 3.11. The monoisotopic (exact) mass is 481 g/mol. The summed E-state index contributed by atoms with van der Waals surface area (Å²) >= 11 is 0. The van der Waals surface area contributed by atoms with Gasteiger partial charge in [-0.05, 0) is 62.1 Å². The highest BCUT2D eigenvalue weighted by atomic mass is 16.5. The summed E-state index contributed by atoms with van der Waals surface area (Å²) in [4.78, 5) is 27.8. The molecule has 35 heavy (non-hydrogen) atoms. The van der Waals surface area contributed by atoms with Crippen molar-refractivity contribution in [3.05, 3.63) is 41.2 Å². The number of carbonyl (C=O) groups excluding carboxylic acids is 2. The molecule has 1 saturated carbocycles. The van der Waals surface area contributed by atoms with Gasteiger partial charge in [-0.1, -0.05) is 24.3 Å². The van der Waals surface area contributed by atoms with Crippen molar-refractivity contribution in [2.75, 3.05) is 20.2 Å². The summed E-state index contributed by atoms with van der Waals surface area (Å²) < 4.78 is 13.1. The van der Waals surface area contributed by atoms with E-state index in [0.717, 1.165) is 30.1 Å². The minimum absolute atomic E-state index is 0.0268. The Morgan fingerprint density at radius 2 is 1.77 bits per heavy atom. The van der Waals surface area contributed by atoms with E-state index in [1.807, 2.05) is 24.3 Å². The number of likely N-dealkylation sites (tertiary alicyclic amines) is 1. The summed E-state index contributed by atoms with van der Waals surface area (Å²) in [5.41, 5.74) is 2.10. The van der Waals surface area contributed by atoms with Gasteiger partial charge in [0.15, 0.2) is 5.69 Å². The maximum atomic E-state index is 13.2. The minimum Gasteiger partial charge on any atom is -0.497 e. The molecule has 1 aliphatic carbocycles. The smallest absolute Gasteiger partial charge is 0.276 e. The third-order valence-corrected chi connectivity index (χ3v) is 7.80. The van der Waals surface area contributed by atoms with E-state index in [2.05, 4.69) is 22.6 Å². The minimum atomic E-state index is -0.153. The fourth-order valence-corrected chi connectivity index (χ4v) is 5.42. The first kappa shape index (κ1) is 23.8. The zero-order chi connectivity index (χ0) is 24.4. The largest absolute Gasteiger partial charge is 0.497 e. The van der Waals surface area contributed by atoms with E-state index in [1.54, 1.807) is 16.7 Å². The molecule has 188 valence electrons. The van der Waals surface area contributed by atoms with Gasteiger partial charge >= 0.3 is 0 Å². The van der Waals surface area contributed by atoms with Gasteiger partial charge in [-0.25, -0.2) is 4.68 Å². The number of amides is 2. The number of hydrogen-bond donors (Lipinski definition) is 1. The molecule has 2 aliphatic heterocycles. The topological polar surface area (TPSA) is 98.6 Å². The van der Waals surface area contributed by atoms with Crippen molar-refractivity contribution in [2.45, 2.75) is 70.7 Å². The van der Waals surface area contributed by atoms with Gasteiger partial charge in [-0.3, -0.25) is 9.59 Å². The molecule has 0 bridgehead atoms. The molecule has 1 saturated heterocycles. The van der Waals surface area contributed by atoms with Crippen LogP contribution in [0.1, 0.15) is 73.3 Å². The van der Waals surface area contributed by atoms with E-state index in [1.165, 1.54) is 12.8 Å². The summed E-state index contributed by atoms with van der Waals surface area (Å²) in [6.45, 7) is 4.18. The number of hydrogen-bond acceptors (Lipinski definition) is 6. The summed E-state index contributed by atoms with van der Waals surface area (Å²) in [7, 11) is 1.64. The van der Waals surface area contributed by atoms with Crippen molar-refractivity contribution in [3.8, 4) is 5.75 Å². The molecule has 1 N–H and O–H groups in total. The van der Waals surface area contributed by atoms with Crippen LogP contribution < -0.4 is 10.1 Å². The Bertz CT molecular complexity index is 1040. The number of piperidine rings is 1. The lowest BCUT2D eigenvalue weighted by molar-refractivity contribution is -0.127. The number of benzene rings is 1. The highest BCUT2D eigenvalue weighted by Crippen LogP contribution is 2.29. The standard InChI is InChI=1S/C26H35N5O4/c1-17-3-7-20(8-4-17)27-25(32)19-11-13-30(14-12-19)26(33)24-22-16-35-23(15-31(22)29-28-24)18-5-9-21(34-2)10-6-18/h5-6,9-10,17,19-20,23H,3-4,7-8,11-16H2,1-2H3,(H,27,32). The van der Waals surface area contributed by atoms with Gasteiger partial charge in [0.2, 0.25) is 5.91 Å². The quantitative estimate of drug-likeness (QED) is 0.705. The molecule has 1 aromatic heterocycles. The zero-order valence-electron chi connectivity index (χ0n) is 20.6. The zero-order valence-corrected chi connectivity index (χ0v) is 20.6. The second-order valence-electron chi connectivity index (χ2n) is 10.2. The normalized spacial score (nSPS) is 25.1. The number of ether oxygens (including phenoxy) is 2. The molecular formula is C26H35N5O4. The summed E-state index contributed by atoms with van der Waals surface area (Å²) in [5, 5.41) is 11.7. The van der Waals surface area contributed by atoms with Gasteiger partial charge in [-0.2, -0.15) is 0 Å². The van der Waals surface area contributed by atoms with Gasteiger partial charge in [0, 0.05) is 25.0 Å². The summed E-state index contributed by atoms with van der Waals surface area (Å²) in [6.07, 6.45) is 5.73. The van der Waals surface area contributed by atoms with Crippen LogP contribution in [0.3, 0.4) is 0 Å². The van der Waals surface area contributed by atoms with Gasteiger partial charge in [0.1, 0.15) is 11.9 Å². The number of aromatic nitrogens is 3. The average Bonchev–Trinajstić information content (AvgIpc) is 3.33. The van der Waals surface area contributed by atoms with Crippen LogP contribution in [0.4, 0.5) is 0 Å². The SMILES string of the molecule is COc1ccc(C2Cn3nnc(C(=O)N4CCC(C(=O)NC5CCC(C)CC5)CC4)c3CO2)cc1. The van der Waals surface area contributed by atoms with Crippen LogP contribution in [0, 0.1) is 11.8 Å². The van der Waals surface area contributed by atoms with Gasteiger partial charge < -0.3 is 19.7 Å². The van der Waals surface area contributed by atoms with Gasteiger partial charge in [0.05, 0.1) is 26.0 Å². The van der Waals surface area contributed by atoms with Crippen LogP contribution in [0.15, 0.2) is 24.3 Å². The molecule has 0 spiro atoms. The highest BCUT2D eigenvalue weighted by Gasteiger charge is 2.33. The third-order valence-electron chi connectivity index (χ3n) is 7.80. The number of carbonyl (C=O) groups is 2. The van der Waals surface area contributed by atoms with Crippen molar-refractivity contribution < 1.29 is 19.1 Å². The molecule has 3 aliphatic rings. The molecule has 2 fully saturated rings. The number of rotatable bonds is 5.